The van der Waals surface area contributed by atoms with Crippen LogP contribution in [-0.2, 0) is 15.1 Å². The van der Waals surface area contributed by atoms with Gasteiger partial charge in [0.15, 0.2) is 0 Å². The Morgan fingerprint density at radius 2 is 1.50 bits per heavy atom. The quantitative estimate of drug-likeness (QED) is 0.357. The SMILES string of the molecule is CC[Si](CC)(CC)OOC(C)(c1ccccc1)C(C)C. The van der Waals surface area contributed by atoms with Gasteiger partial charge in [0.2, 0.25) is 8.32 Å². The van der Waals surface area contributed by atoms with Crippen LogP contribution in [0, 0.1) is 5.92 Å². The molecule has 1 unspecified atom stereocenters. The molecule has 1 rings (SSSR count). The summed E-state index contributed by atoms with van der Waals surface area (Å²) >= 11 is 0. The second-order valence-corrected chi connectivity index (χ2v) is 10.7. The first-order chi connectivity index (χ1) is 9.44. The lowest BCUT2D eigenvalue weighted by Gasteiger charge is -2.37. The van der Waals surface area contributed by atoms with Crippen molar-refractivity contribution in [1.29, 1.82) is 0 Å². The minimum Gasteiger partial charge on any atom is -0.285 e. The Labute approximate surface area is 125 Å². The summed E-state index contributed by atoms with van der Waals surface area (Å²) in [6.45, 7) is 13.2. The van der Waals surface area contributed by atoms with E-state index in [9.17, 15) is 0 Å². The van der Waals surface area contributed by atoms with E-state index in [1.807, 2.05) is 6.07 Å². The first-order valence-corrected chi connectivity index (χ1v) is 10.4. The zero-order valence-corrected chi connectivity index (χ0v) is 14.9. The lowest BCUT2D eigenvalue weighted by atomic mass is 9.85. The minimum atomic E-state index is -1.73. The third-order valence-electron chi connectivity index (χ3n) is 4.77. The van der Waals surface area contributed by atoms with Crippen molar-refractivity contribution in [2.24, 2.45) is 5.92 Å². The first kappa shape index (κ1) is 17.4. The summed E-state index contributed by atoms with van der Waals surface area (Å²) in [4.78, 5) is 6.08. The lowest BCUT2D eigenvalue weighted by Crippen LogP contribution is -2.41. The van der Waals surface area contributed by atoms with Crippen LogP contribution >= 0.6 is 0 Å². The van der Waals surface area contributed by atoms with Gasteiger partial charge < -0.3 is 0 Å². The summed E-state index contributed by atoms with van der Waals surface area (Å²) in [7, 11) is -1.73. The van der Waals surface area contributed by atoms with Crippen LogP contribution in [0.2, 0.25) is 18.1 Å². The summed E-state index contributed by atoms with van der Waals surface area (Å²) in [6, 6.07) is 13.7. The van der Waals surface area contributed by atoms with Gasteiger partial charge in [-0.05, 0) is 36.5 Å². The van der Waals surface area contributed by atoms with Gasteiger partial charge in [0.25, 0.3) is 0 Å². The van der Waals surface area contributed by atoms with Crippen molar-refractivity contribution in [3.05, 3.63) is 35.9 Å². The highest BCUT2D eigenvalue weighted by atomic mass is 28.4. The molecule has 1 aromatic rings. The van der Waals surface area contributed by atoms with Crippen molar-refractivity contribution >= 4 is 8.32 Å². The van der Waals surface area contributed by atoms with E-state index in [1.54, 1.807) is 0 Å². The van der Waals surface area contributed by atoms with Crippen molar-refractivity contribution in [1.82, 2.24) is 0 Å². The standard InChI is InChI=1S/C17H30O2Si/c1-7-20(8-2,9-3)19-18-17(6,15(4)5)16-13-11-10-12-14-16/h10-15H,7-9H2,1-6H3. The van der Waals surface area contributed by atoms with E-state index in [-0.39, 0.29) is 5.60 Å². The smallest absolute Gasteiger partial charge is 0.238 e. The highest BCUT2D eigenvalue weighted by molar-refractivity contribution is 6.73. The largest absolute Gasteiger partial charge is 0.285 e. The van der Waals surface area contributed by atoms with Gasteiger partial charge in [-0.15, -0.1) is 0 Å². The molecule has 3 heteroatoms. The molecule has 1 atom stereocenters. The van der Waals surface area contributed by atoms with Crippen LogP contribution in [0.15, 0.2) is 30.3 Å². The second kappa shape index (κ2) is 7.39. The Morgan fingerprint density at radius 3 is 1.90 bits per heavy atom. The Bertz CT molecular complexity index is 379. The van der Waals surface area contributed by atoms with Crippen molar-refractivity contribution in [3.8, 4) is 0 Å². The van der Waals surface area contributed by atoms with Crippen LogP contribution in [0.3, 0.4) is 0 Å². The van der Waals surface area contributed by atoms with Crippen molar-refractivity contribution in [3.63, 3.8) is 0 Å². The molecule has 20 heavy (non-hydrogen) atoms. The fourth-order valence-electron chi connectivity index (χ4n) is 2.35. The predicted molar refractivity (Wildman–Crippen MR) is 88.0 cm³/mol. The molecule has 2 nitrogen and oxygen atoms in total. The van der Waals surface area contributed by atoms with Crippen LogP contribution in [0.5, 0.6) is 0 Å². The first-order valence-electron chi connectivity index (χ1n) is 7.86. The van der Waals surface area contributed by atoms with Crippen LogP contribution in [0.4, 0.5) is 0 Å². The molecule has 0 aliphatic heterocycles. The molecular weight excluding hydrogens is 264 g/mol. The van der Waals surface area contributed by atoms with Crippen LogP contribution in [0.25, 0.3) is 0 Å². The van der Waals surface area contributed by atoms with Gasteiger partial charge in [0.05, 0.1) is 0 Å². The number of hydrogen-bond acceptors (Lipinski definition) is 2. The third-order valence-corrected chi connectivity index (χ3v) is 9.08. The van der Waals surface area contributed by atoms with Crippen LogP contribution in [0.1, 0.15) is 47.1 Å². The molecule has 0 saturated heterocycles. The molecule has 0 aromatic heterocycles. The molecule has 0 fully saturated rings. The molecule has 0 amide bonds. The maximum absolute atomic E-state index is 6.10. The Balaban J connectivity index is 2.94. The molecule has 0 spiro atoms. The molecule has 0 heterocycles. The Hall–Kier alpha value is -0.643. The molecule has 0 aliphatic carbocycles. The molecule has 114 valence electrons. The topological polar surface area (TPSA) is 18.5 Å². The molecule has 0 N–H and O–H groups in total. The van der Waals surface area contributed by atoms with E-state index in [1.165, 1.54) is 5.56 Å². The molecule has 0 radical (unpaired) electrons. The van der Waals surface area contributed by atoms with Crippen molar-refractivity contribution < 1.29 is 9.46 Å². The maximum Gasteiger partial charge on any atom is 0.238 e. The molecule has 0 aliphatic rings. The average Bonchev–Trinajstić information content (AvgIpc) is 2.49. The van der Waals surface area contributed by atoms with Crippen molar-refractivity contribution in [2.45, 2.75) is 65.3 Å². The van der Waals surface area contributed by atoms with E-state index >= 15 is 0 Å². The van der Waals surface area contributed by atoms with Gasteiger partial charge in [-0.2, -0.15) is 0 Å². The zero-order chi connectivity index (χ0) is 15.2. The van der Waals surface area contributed by atoms with E-state index in [0.29, 0.717) is 5.92 Å². The van der Waals surface area contributed by atoms with E-state index in [0.717, 1.165) is 18.1 Å². The highest BCUT2D eigenvalue weighted by Gasteiger charge is 2.38. The Kier molecular flexibility index (Phi) is 6.43. The monoisotopic (exact) mass is 294 g/mol. The zero-order valence-electron chi connectivity index (χ0n) is 13.9. The predicted octanol–water partition coefficient (Wildman–Crippen LogP) is 5.51. The Morgan fingerprint density at radius 1 is 1.00 bits per heavy atom. The summed E-state index contributed by atoms with van der Waals surface area (Å²) in [5.41, 5.74) is 0.792. The van der Waals surface area contributed by atoms with E-state index in [4.69, 9.17) is 9.46 Å². The fourth-order valence-corrected chi connectivity index (χ4v) is 4.55. The van der Waals surface area contributed by atoms with Gasteiger partial charge in [0, 0.05) is 0 Å². The van der Waals surface area contributed by atoms with Gasteiger partial charge in [-0.25, -0.2) is 4.89 Å². The minimum absolute atomic E-state index is 0.349. The normalized spacial score (nSPS) is 15.3. The van der Waals surface area contributed by atoms with E-state index < -0.39 is 8.32 Å². The van der Waals surface area contributed by atoms with Crippen LogP contribution < -0.4 is 0 Å². The molecule has 1 aromatic carbocycles. The number of benzene rings is 1. The summed E-state index contributed by atoms with van der Waals surface area (Å²) in [5.74, 6) is 0.349. The number of hydrogen-bond donors (Lipinski definition) is 0. The van der Waals surface area contributed by atoms with Gasteiger partial charge in [-0.3, -0.25) is 4.58 Å². The summed E-state index contributed by atoms with van der Waals surface area (Å²) < 4.78 is 6.10. The van der Waals surface area contributed by atoms with Crippen LogP contribution in [-0.4, -0.2) is 8.32 Å². The fraction of sp³-hybridized carbons (Fsp3) is 0.647. The van der Waals surface area contributed by atoms with Gasteiger partial charge >= 0.3 is 0 Å². The molecular formula is C17H30O2Si. The lowest BCUT2D eigenvalue weighted by molar-refractivity contribution is -0.316. The van der Waals surface area contributed by atoms with Crippen molar-refractivity contribution in [2.75, 3.05) is 0 Å². The highest BCUT2D eigenvalue weighted by Crippen LogP contribution is 2.36. The number of rotatable bonds is 8. The maximum atomic E-state index is 6.10. The summed E-state index contributed by atoms with van der Waals surface area (Å²) in [5, 5.41) is 0. The van der Waals surface area contributed by atoms with E-state index in [2.05, 4.69) is 65.8 Å². The third kappa shape index (κ3) is 3.71. The second-order valence-electron chi connectivity index (χ2n) is 6.04. The molecule has 0 bridgehead atoms. The van der Waals surface area contributed by atoms with Gasteiger partial charge in [0.1, 0.15) is 5.60 Å². The summed E-state index contributed by atoms with van der Waals surface area (Å²) in [6.07, 6.45) is 0. The molecule has 0 saturated carbocycles. The average molecular weight is 295 g/mol. The van der Waals surface area contributed by atoms with Gasteiger partial charge in [-0.1, -0.05) is 65.0 Å².